The number of hydrogen-bond acceptors (Lipinski definition) is 3. The van der Waals surface area contributed by atoms with E-state index in [2.05, 4.69) is 58.4 Å². The van der Waals surface area contributed by atoms with Crippen molar-refractivity contribution in [2.24, 2.45) is 0 Å². The van der Waals surface area contributed by atoms with Crippen molar-refractivity contribution in [3.05, 3.63) is 99.8 Å². The van der Waals surface area contributed by atoms with Crippen LogP contribution in [0.25, 0.3) is 0 Å². The second-order valence-corrected chi connectivity index (χ2v) is 8.33. The molecule has 3 aromatic rings. The molecule has 152 valence electrons. The molecule has 2 heterocycles. The van der Waals surface area contributed by atoms with Crippen molar-refractivity contribution in [2.75, 3.05) is 26.2 Å². The number of aryl methyl sites for hydroxylation is 2. The van der Waals surface area contributed by atoms with Crippen molar-refractivity contribution in [1.82, 2.24) is 14.8 Å². The minimum absolute atomic E-state index is 0.0329. The minimum atomic E-state index is -0.0329. The van der Waals surface area contributed by atoms with Crippen molar-refractivity contribution >= 4 is 17.5 Å². The quantitative estimate of drug-likeness (QED) is 0.580. The highest BCUT2D eigenvalue weighted by atomic mass is 35.5. The largest absolute Gasteiger partial charge is 0.336 e. The maximum Gasteiger partial charge on any atom is 0.257 e. The molecule has 1 fully saturated rings. The van der Waals surface area contributed by atoms with E-state index < -0.39 is 0 Å². The van der Waals surface area contributed by atoms with Crippen LogP contribution >= 0.6 is 11.6 Å². The van der Waals surface area contributed by atoms with Crippen LogP contribution in [-0.2, 0) is 12.8 Å². The van der Waals surface area contributed by atoms with E-state index in [1.54, 1.807) is 18.3 Å². The molecule has 4 nitrogen and oxygen atoms in total. The molecule has 0 atom stereocenters. The molecule has 30 heavy (non-hydrogen) atoms. The molecule has 2 aromatic carbocycles. The number of piperazine rings is 1. The lowest BCUT2D eigenvalue weighted by Crippen LogP contribution is -2.50. The lowest BCUT2D eigenvalue weighted by atomic mass is 9.92. The minimum Gasteiger partial charge on any atom is -0.336 e. The van der Waals surface area contributed by atoms with Crippen LogP contribution in [0.5, 0.6) is 0 Å². The number of pyridine rings is 1. The zero-order valence-electron chi connectivity index (χ0n) is 16.8. The van der Waals surface area contributed by atoms with Gasteiger partial charge in [0, 0.05) is 32.4 Å². The van der Waals surface area contributed by atoms with Gasteiger partial charge in [-0.15, -0.1) is 0 Å². The Hall–Kier alpha value is -2.69. The Balaban J connectivity index is 1.41. The average Bonchev–Trinajstić information content (AvgIpc) is 2.96. The van der Waals surface area contributed by atoms with Crippen molar-refractivity contribution in [1.29, 1.82) is 0 Å². The van der Waals surface area contributed by atoms with Crippen LogP contribution in [0.1, 0.15) is 38.7 Å². The van der Waals surface area contributed by atoms with Gasteiger partial charge in [0.25, 0.3) is 5.91 Å². The lowest BCUT2D eigenvalue weighted by molar-refractivity contribution is 0.0596. The zero-order valence-corrected chi connectivity index (χ0v) is 17.6. The second kappa shape index (κ2) is 8.21. The predicted molar refractivity (Wildman–Crippen MR) is 119 cm³/mol. The summed E-state index contributed by atoms with van der Waals surface area (Å²) in [6, 6.07) is 21.4. The smallest absolute Gasteiger partial charge is 0.257 e. The van der Waals surface area contributed by atoms with E-state index in [4.69, 9.17) is 11.6 Å². The van der Waals surface area contributed by atoms with Crippen LogP contribution in [0.3, 0.4) is 0 Å². The molecule has 1 aliphatic carbocycles. The summed E-state index contributed by atoms with van der Waals surface area (Å²) in [5.74, 6) is -0.0329. The van der Waals surface area contributed by atoms with Crippen molar-refractivity contribution in [3.8, 4) is 0 Å². The molecule has 0 bridgehead atoms. The summed E-state index contributed by atoms with van der Waals surface area (Å²) in [6.07, 6.45) is 3.75. The lowest BCUT2D eigenvalue weighted by Gasteiger charge is -2.40. The van der Waals surface area contributed by atoms with Crippen LogP contribution in [0.15, 0.2) is 66.9 Å². The standard InChI is InChI=1S/C25H24ClN3O/c26-24-22(10-5-13-27-24)25(30)29-16-14-28(15-17-29)23-20-8-3-1-6-18(20)11-12-19-7-2-4-9-21(19)23/h1-10,13,23H,11-12,14-17H2. The number of amides is 1. The van der Waals surface area contributed by atoms with Crippen molar-refractivity contribution < 1.29 is 4.79 Å². The molecule has 1 saturated heterocycles. The van der Waals surface area contributed by atoms with Crippen LogP contribution < -0.4 is 0 Å². The third-order valence-electron chi connectivity index (χ3n) is 6.32. The van der Waals surface area contributed by atoms with Gasteiger partial charge < -0.3 is 4.90 Å². The maximum atomic E-state index is 12.9. The number of fused-ring (bicyclic) bond motifs is 2. The fourth-order valence-electron chi connectivity index (χ4n) is 4.79. The van der Waals surface area contributed by atoms with E-state index in [0.29, 0.717) is 18.7 Å². The fourth-order valence-corrected chi connectivity index (χ4v) is 4.99. The number of hydrogen-bond donors (Lipinski definition) is 0. The molecule has 0 spiro atoms. The van der Waals surface area contributed by atoms with Gasteiger partial charge >= 0.3 is 0 Å². The van der Waals surface area contributed by atoms with Gasteiger partial charge in [-0.2, -0.15) is 0 Å². The SMILES string of the molecule is O=C(c1cccnc1Cl)N1CCN(C2c3ccccc3CCc3ccccc32)CC1. The Kier molecular flexibility index (Phi) is 5.28. The molecule has 5 heteroatoms. The first kappa shape index (κ1) is 19.3. The first-order chi connectivity index (χ1) is 14.7. The molecule has 1 amide bonds. The van der Waals surface area contributed by atoms with Gasteiger partial charge in [-0.25, -0.2) is 4.98 Å². The highest BCUT2D eigenvalue weighted by Gasteiger charge is 2.32. The molecule has 1 aromatic heterocycles. The molecule has 0 N–H and O–H groups in total. The number of carbonyl (C=O) groups is 1. The van der Waals surface area contributed by atoms with Crippen LogP contribution in [0, 0.1) is 0 Å². The van der Waals surface area contributed by atoms with Gasteiger partial charge in [-0.3, -0.25) is 9.69 Å². The van der Waals surface area contributed by atoms with Gasteiger partial charge in [-0.1, -0.05) is 60.1 Å². The fraction of sp³-hybridized carbons (Fsp3) is 0.280. The Morgan fingerprint density at radius 2 is 1.43 bits per heavy atom. The number of benzene rings is 2. The third-order valence-corrected chi connectivity index (χ3v) is 6.62. The molecule has 2 aliphatic rings. The Morgan fingerprint density at radius 1 is 0.833 bits per heavy atom. The van der Waals surface area contributed by atoms with E-state index in [9.17, 15) is 4.79 Å². The van der Waals surface area contributed by atoms with Crippen molar-refractivity contribution in [3.63, 3.8) is 0 Å². The van der Waals surface area contributed by atoms with Crippen LogP contribution in [0.4, 0.5) is 0 Å². The molecule has 1 aliphatic heterocycles. The van der Waals surface area contributed by atoms with Gasteiger partial charge in [0.15, 0.2) is 0 Å². The van der Waals surface area contributed by atoms with E-state index in [1.165, 1.54) is 22.3 Å². The molecule has 0 radical (unpaired) electrons. The zero-order chi connectivity index (χ0) is 20.5. The van der Waals surface area contributed by atoms with E-state index in [0.717, 1.165) is 25.9 Å². The monoisotopic (exact) mass is 417 g/mol. The summed E-state index contributed by atoms with van der Waals surface area (Å²) in [7, 11) is 0. The Bertz CT molecular complexity index is 1030. The summed E-state index contributed by atoms with van der Waals surface area (Å²) in [5, 5.41) is 0.275. The predicted octanol–water partition coefficient (Wildman–Crippen LogP) is 4.38. The van der Waals surface area contributed by atoms with E-state index in [1.807, 2.05) is 4.90 Å². The highest BCUT2D eigenvalue weighted by Crippen LogP contribution is 2.37. The van der Waals surface area contributed by atoms with Gasteiger partial charge in [0.05, 0.1) is 11.6 Å². The second-order valence-electron chi connectivity index (χ2n) is 7.97. The third kappa shape index (κ3) is 3.51. The molecular weight excluding hydrogens is 394 g/mol. The number of carbonyl (C=O) groups excluding carboxylic acids is 1. The molecule has 5 rings (SSSR count). The number of rotatable bonds is 2. The van der Waals surface area contributed by atoms with Crippen LogP contribution in [0.2, 0.25) is 5.15 Å². The number of nitrogens with zero attached hydrogens (tertiary/aromatic N) is 3. The highest BCUT2D eigenvalue weighted by molar-refractivity contribution is 6.32. The molecular formula is C25H24ClN3O. The molecule has 0 unspecified atom stereocenters. The maximum absolute atomic E-state index is 12.9. The topological polar surface area (TPSA) is 36.4 Å². The molecule has 0 saturated carbocycles. The van der Waals surface area contributed by atoms with E-state index in [-0.39, 0.29) is 17.1 Å². The Morgan fingerprint density at radius 3 is 2.03 bits per heavy atom. The Labute approximate surface area is 182 Å². The average molecular weight is 418 g/mol. The first-order valence-corrected chi connectivity index (χ1v) is 10.9. The normalized spacial score (nSPS) is 17.2. The summed E-state index contributed by atoms with van der Waals surface area (Å²) < 4.78 is 0. The summed E-state index contributed by atoms with van der Waals surface area (Å²) in [4.78, 5) is 21.4. The van der Waals surface area contributed by atoms with E-state index >= 15 is 0 Å². The van der Waals surface area contributed by atoms with Gasteiger partial charge in [-0.05, 0) is 47.2 Å². The van der Waals surface area contributed by atoms with Gasteiger partial charge in [0.2, 0.25) is 0 Å². The number of halogens is 1. The van der Waals surface area contributed by atoms with Crippen LogP contribution in [-0.4, -0.2) is 46.9 Å². The number of aromatic nitrogens is 1. The van der Waals surface area contributed by atoms with Crippen molar-refractivity contribution in [2.45, 2.75) is 18.9 Å². The summed E-state index contributed by atoms with van der Waals surface area (Å²) >= 11 is 6.15. The summed E-state index contributed by atoms with van der Waals surface area (Å²) in [6.45, 7) is 3.03. The summed E-state index contributed by atoms with van der Waals surface area (Å²) in [5.41, 5.74) is 6.14. The first-order valence-electron chi connectivity index (χ1n) is 10.5. The van der Waals surface area contributed by atoms with Gasteiger partial charge in [0.1, 0.15) is 5.15 Å².